The molecule has 0 aromatic carbocycles. The first-order valence-corrected chi connectivity index (χ1v) is 10.3. The Morgan fingerprint density at radius 1 is 1.22 bits per heavy atom. The second-order valence-electron chi connectivity index (χ2n) is 7.86. The largest absolute Gasteiger partial charge is 0.480 e. The van der Waals surface area contributed by atoms with Crippen LogP contribution in [0.2, 0.25) is 0 Å². The van der Waals surface area contributed by atoms with Crippen LogP contribution in [0.15, 0.2) is 12.5 Å². The molecule has 1 saturated heterocycles. The minimum atomic E-state index is -1.42. The van der Waals surface area contributed by atoms with E-state index in [0.717, 1.165) is 4.90 Å². The Balaban J connectivity index is 2.19. The van der Waals surface area contributed by atoms with Gasteiger partial charge in [0.05, 0.1) is 18.5 Å². The molecular formula is C19H30N6O7. The third-order valence-corrected chi connectivity index (χ3v) is 5.30. The number of nitrogens with two attached hydrogens (primary N) is 1. The van der Waals surface area contributed by atoms with E-state index in [2.05, 4.69) is 20.6 Å². The van der Waals surface area contributed by atoms with E-state index in [-0.39, 0.29) is 19.4 Å². The van der Waals surface area contributed by atoms with Crippen molar-refractivity contribution < 1.29 is 34.5 Å². The van der Waals surface area contributed by atoms with Crippen molar-refractivity contribution in [2.75, 3.05) is 6.54 Å². The molecule has 8 N–H and O–H groups in total. The van der Waals surface area contributed by atoms with Crippen LogP contribution in [-0.2, 0) is 25.6 Å². The Morgan fingerprint density at radius 3 is 2.44 bits per heavy atom. The molecule has 13 nitrogen and oxygen atoms in total. The Labute approximate surface area is 184 Å². The van der Waals surface area contributed by atoms with Gasteiger partial charge >= 0.3 is 5.97 Å². The Kier molecular flexibility index (Phi) is 8.69. The lowest BCUT2D eigenvalue weighted by Gasteiger charge is -2.30. The van der Waals surface area contributed by atoms with Crippen molar-refractivity contribution in [3.8, 4) is 0 Å². The van der Waals surface area contributed by atoms with E-state index in [4.69, 9.17) is 5.73 Å². The number of nitrogens with one attached hydrogen (secondary N) is 3. The molecule has 13 heteroatoms. The molecule has 1 aliphatic heterocycles. The lowest BCUT2D eigenvalue weighted by molar-refractivity contribution is -0.150. The standard InChI is InChI=1S/C19H30N6O7/c1-9(26)14(20)17(29)23-12(6-11-7-21-8-22-11)16(28)24-15(10(2)27)18(30)25-5-3-4-13(25)19(31)32/h7-10,12-15,26-27H,3-6,20H2,1-2H3,(H,21,22)(H,23,29)(H,24,28)(H,31,32). The first kappa shape index (κ1) is 25.2. The van der Waals surface area contributed by atoms with Gasteiger partial charge in [-0.1, -0.05) is 0 Å². The van der Waals surface area contributed by atoms with Gasteiger partial charge in [-0.05, 0) is 26.7 Å². The molecule has 2 rings (SSSR count). The molecule has 6 unspecified atom stereocenters. The van der Waals surface area contributed by atoms with Crippen molar-refractivity contribution in [2.24, 2.45) is 5.73 Å². The van der Waals surface area contributed by atoms with Crippen LogP contribution < -0.4 is 16.4 Å². The number of aromatic nitrogens is 2. The fourth-order valence-corrected chi connectivity index (χ4v) is 3.42. The van der Waals surface area contributed by atoms with E-state index < -0.39 is 60.1 Å². The van der Waals surface area contributed by atoms with Gasteiger partial charge in [-0.15, -0.1) is 0 Å². The minimum absolute atomic E-state index is 0.0354. The van der Waals surface area contributed by atoms with E-state index in [0.29, 0.717) is 12.1 Å². The molecule has 0 saturated carbocycles. The Bertz CT molecular complexity index is 813. The number of hydrogen-bond acceptors (Lipinski definition) is 8. The molecule has 0 bridgehead atoms. The lowest BCUT2D eigenvalue weighted by Crippen LogP contribution is -2.60. The maximum atomic E-state index is 13.0. The summed E-state index contributed by atoms with van der Waals surface area (Å²) >= 11 is 0. The van der Waals surface area contributed by atoms with Crippen LogP contribution in [0, 0.1) is 0 Å². The number of amides is 3. The number of rotatable bonds is 10. The summed E-state index contributed by atoms with van der Waals surface area (Å²) in [4.78, 5) is 57.4. The van der Waals surface area contributed by atoms with Crippen LogP contribution in [-0.4, -0.2) is 96.8 Å². The topological polar surface area (TPSA) is 211 Å². The molecule has 0 radical (unpaired) electrons. The van der Waals surface area contributed by atoms with Gasteiger partial charge in [0.15, 0.2) is 0 Å². The average Bonchev–Trinajstić information content (AvgIpc) is 3.41. The Morgan fingerprint density at radius 2 is 1.91 bits per heavy atom. The lowest BCUT2D eigenvalue weighted by atomic mass is 10.1. The molecule has 1 fully saturated rings. The number of carboxylic acids is 1. The maximum Gasteiger partial charge on any atom is 0.326 e. The number of aliphatic hydroxyl groups excluding tert-OH is 2. The summed E-state index contributed by atoms with van der Waals surface area (Å²) in [7, 11) is 0. The summed E-state index contributed by atoms with van der Waals surface area (Å²) in [5, 5.41) is 33.9. The summed E-state index contributed by atoms with van der Waals surface area (Å²) in [6, 6.07) is -4.96. The van der Waals surface area contributed by atoms with Crippen LogP contribution in [0.25, 0.3) is 0 Å². The highest BCUT2D eigenvalue weighted by Gasteiger charge is 2.40. The smallest absolute Gasteiger partial charge is 0.326 e. The molecule has 6 atom stereocenters. The number of carbonyl (C=O) groups excluding carboxylic acids is 3. The van der Waals surface area contributed by atoms with Crippen molar-refractivity contribution in [3.05, 3.63) is 18.2 Å². The fourth-order valence-electron chi connectivity index (χ4n) is 3.42. The molecule has 1 aliphatic rings. The quantitative estimate of drug-likeness (QED) is 0.193. The highest BCUT2D eigenvalue weighted by Crippen LogP contribution is 2.19. The second kappa shape index (κ2) is 11.0. The highest BCUT2D eigenvalue weighted by molar-refractivity contribution is 5.94. The summed E-state index contributed by atoms with van der Waals surface area (Å²) in [5.41, 5.74) is 6.14. The number of H-pyrrole nitrogens is 1. The molecule has 32 heavy (non-hydrogen) atoms. The zero-order valence-corrected chi connectivity index (χ0v) is 17.9. The van der Waals surface area contributed by atoms with Gasteiger partial charge in [0.2, 0.25) is 17.7 Å². The molecule has 1 aromatic heterocycles. The number of nitrogens with zero attached hydrogens (tertiary/aromatic N) is 2. The van der Waals surface area contributed by atoms with Crippen molar-refractivity contribution in [2.45, 2.75) is 69.5 Å². The average molecular weight is 454 g/mol. The monoisotopic (exact) mass is 454 g/mol. The molecule has 0 spiro atoms. The number of hydrogen-bond donors (Lipinski definition) is 7. The third-order valence-electron chi connectivity index (χ3n) is 5.30. The van der Waals surface area contributed by atoms with Gasteiger partial charge in [-0.2, -0.15) is 0 Å². The summed E-state index contributed by atoms with van der Waals surface area (Å²) in [6.45, 7) is 2.80. The molecule has 0 aliphatic carbocycles. The molecule has 178 valence electrons. The Hall–Kier alpha value is -3.03. The second-order valence-corrected chi connectivity index (χ2v) is 7.86. The molecular weight excluding hydrogens is 424 g/mol. The van der Waals surface area contributed by atoms with E-state index in [1.807, 2.05) is 0 Å². The highest BCUT2D eigenvalue weighted by atomic mass is 16.4. The third kappa shape index (κ3) is 6.24. The number of aliphatic carboxylic acids is 1. The van der Waals surface area contributed by atoms with Gasteiger partial charge in [0.1, 0.15) is 24.2 Å². The SMILES string of the molecule is CC(O)C(N)C(=O)NC(Cc1cnc[nH]1)C(=O)NC(C(=O)N1CCCC1C(=O)O)C(C)O. The van der Waals surface area contributed by atoms with Crippen LogP contribution in [0.4, 0.5) is 0 Å². The number of likely N-dealkylation sites (tertiary alicyclic amines) is 1. The van der Waals surface area contributed by atoms with Gasteiger partial charge in [0.25, 0.3) is 0 Å². The maximum absolute atomic E-state index is 13.0. The fraction of sp³-hybridized carbons (Fsp3) is 0.632. The summed E-state index contributed by atoms with van der Waals surface area (Å²) in [5.74, 6) is -3.48. The van der Waals surface area contributed by atoms with E-state index in [9.17, 15) is 34.5 Å². The summed E-state index contributed by atoms with van der Waals surface area (Å²) < 4.78 is 0. The van der Waals surface area contributed by atoms with Crippen molar-refractivity contribution in [1.82, 2.24) is 25.5 Å². The predicted molar refractivity (Wildman–Crippen MR) is 110 cm³/mol. The van der Waals surface area contributed by atoms with E-state index in [1.165, 1.54) is 26.4 Å². The number of aliphatic hydroxyl groups is 2. The normalized spacial score (nSPS) is 20.7. The molecule has 1 aromatic rings. The van der Waals surface area contributed by atoms with Crippen LogP contribution >= 0.6 is 0 Å². The zero-order chi connectivity index (χ0) is 24.0. The van der Waals surface area contributed by atoms with Crippen molar-refractivity contribution in [1.29, 1.82) is 0 Å². The zero-order valence-electron chi connectivity index (χ0n) is 17.9. The van der Waals surface area contributed by atoms with Gasteiger partial charge in [0, 0.05) is 24.9 Å². The first-order chi connectivity index (χ1) is 15.0. The van der Waals surface area contributed by atoms with Crippen LogP contribution in [0.3, 0.4) is 0 Å². The molecule has 3 amide bonds. The van der Waals surface area contributed by atoms with E-state index in [1.54, 1.807) is 0 Å². The van der Waals surface area contributed by atoms with Crippen molar-refractivity contribution in [3.63, 3.8) is 0 Å². The van der Waals surface area contributed by atoms with E-state index >= 15 is 0 Å². The van der Waals surface area contributed by atoms with Gasteiger partial charge in [-0.25, -0.2) is 9.78 Å². The van der Waals surface area contributed by atoms with Gasteiger partial charge in [-0.3, -0.25) is 14.4 Å². The van der Waals surface area contributed by atoms with Gasteiger partial charge < -0.3 is 41.6 Å². The minimum Gasteiger partial charge on any atom is -0.480 e. The number of carboxylic acid groups (broad SMARTS) is 1. The summed E-state index contributed by atoms with van der Waals surface area (Å²) in [6.07, 6.45) is 1.06. The van der Waals surface area contributed by atoms with Crippen LogP contribution in [0.1, 0.15) is 32.4 Å². The van der Waals surface area contributed by atoms with Crippen LogP contribution in [0.5, 0.6) is 0 Å². The first-order valence-electron chi connectivity index (χ1n) is 10.3. The molecule has 2 heterocycles. The number of carbonyl (C=O) groups is 4. The predicted octanol–water partition coefficient (Wildman–Crippen LogP) is -2.91. The number of imidazole rings is 1. The number of aromatic amines is 1. The van der Waals surface area contributed by atoms with Crippen molar-refractivity contribution >= 4 is 23.7 Å².